The molecule has 0 aliphatic carbocycles. The zero-order valence-corrected chi connectivity index (χ0v) is 10.7. The second-order valence-electron chi connectivity index (χ2n) is 3.97. The molecule has 0 radical (unpaired) electrons. The van der Waals surface area contributed by atoms with E-state index in [-0.39, 0.29) is 5.91 Å². The molecule has 1 saturated heterocycles. The van der Waals surface area contributed by atoms with Gasteiger partial charge in [-0.2, -0.15) is 0 Å². The van der Waals surface area contributed by atoms with Gasteiger partial charge in [0.05, 0.1) is 18.4 Å². The van der Waals surface area contributed by atoms with Gasteiger partial charge in [-0.05, 0) is 28.4 Å². The number of amides is 1. The van der Waals surface area contributed by atoms with Gasteiger partial charge in [-0.15, -0.1) is 0 Å². The summed E-state index contributed by atoms with van der Waals surface area (Å²) in [6.07, 6.45) is 2.52. The van der Waals surface area contributed by atoms with Crippen molar-refractivity contribution in [3.63, 3.8) is 0 Å². The average Bonchev–Trinajstić information content (AvgIpc) is 2.87. The van der Waals surface area contributed by atoms with Crippen molar-refractivity contribution in [1.82, 2.24) is 4.90 Å². The Bertz CT molecular complexity index is 377. The van der Waals surface area contributed by atoms with Crippen LogP contribution in [0.15, 0.2) is 21.4 Å². The molecule has 1 aromatic rings. The zero-order valence-electron chi connectivity index (χ0n) is 9.11. The van der Waals surface area contributed by atoms with Crippen LogP contribution in [-0.4, -0.2) is 37.6 Å². The van der Waals surface area contributed by atoms with Crippen LogP contribution in [0.1, 0.15) is 16.8 Å². The molecule has 2 rings (SSSR count). The normalized spacial score (nSPS) is 20.4. The Labute approximate surface area is 103 Å². The third-order valence-corrected chi connectivity index (χ3v) is 3.44. The third kappa shape index (κ3) is 2.30. The van der Waals surface area contributed by atoms with Crippen molar-refractivity contribution < 1.29 is 13.9 Å². The lowest BCUT2D eigenvalue weighted by Crippen LogP contribution is -2.29. The molecule has 0 spiro atoms. The highest BCUT2D eigenvalue weighted by Crippen LogP contribution is 2.23. The summed E-state index contributed by atoms with van der Waals surface area (Å²) in [5.74, 6) is 0.485. The molecular formula is C11H14BrNO3. The summed E-state index contributed by atoms with van der Waals surface area (Å²) < 4.78 is 10.7. The molecule has 0 N–H and O–H groups in total. The first-order valence-corrected chi connectivity index (χ1v) is 6.03. The van der Waals surface area contributed by atoms with Crippen molar-refractivity contribution in [3.05, 3.63) is 22.6 Å². The summed E-state index contributed by atoms with van der Waals surface area (Å²) in [6, 6.07) is 1.69. The lowest BCUT2D eigenvalue weighted by atomic mass is 10.1. The van der Waals surface area contributed by atoms with Gasteiger partial charge in [0, 0.05) is 26.1 Å². The molecule has 1 amide bonds. The average molecular weight is 288 g/mol. The van der Waals surface area contributed by atoms with E-state index in [1.807, 2.05) is 4.90 Å². The van der Waals surface area contributed by atoms with Gasteiger partial charge < -0.3 is 14.1 Å². The molecule has 1 fully saturated rings. The Morgan fingerprint density at radius 3 is 3.19 bits per heavy atom. The van der Waals surface area contributed by atoms with Crippen molar-refractivity contribution >= 4 is 21.8 Å². The molecule has 0 bridgehead atoms. The molecule has 1 aromatic heterocycles. The fourth-order valence-corrected chi connectivity index (χ4v) is 2.42. The molecule has 5 heteroatoms. The minimum absolute atomic E-state index is 0.0271. The Morgan fingerprint density at radius 1 is 1.75 bits per heavy atom. The van der Waals surface area contributed by atoms with Crippen molar-refractivity contribution in [2.75, 3.05) is 26.8 Å². The molecule has 0 aromatic carbocycles. The van der Waals surface area contributed by atoms with E-state index in [1.165, 1.54) is 6.26 Å². The molecule has 4 nitrogen and oxygen atoms in total. The zero-order chi connectivity index (χ0) is 11.5. The highest BCUT2D eigenvalue weighted by atomic mass is 79.9. The molecule has 2 heterocycles. The Morgan fingerprint density at radius 2 is 2.56 bits per heavy atom. The fraction of sp³-hybridized carbons (Fsp3) is 0.545. The van der Waals surface area contributed by atoms with E-state index in [0.29, 0.717) is 16.2 Å². The molecular weight excluding hydrogens is 274 g/mol. The van der Waals surface area contributed by atoms with Crippen LogP contribution in [0.25, 0.3) is 0 Å². The number of ether oxygens (including phenoxy) is 1. The second-order valence-corrected chi connectivity index (χ2v) is 4.69. The van der Waals surface area contributed by atoms with Gasteiger partial charge in [-0.3, -0.25) is 4.79 Å². The number of hydrogen-bond acceptors (Lipinski definition) is 3. The topological polar surface area (TPSA) is 42.7 Å². The predicted molar refractivity (Wildman–Crippen MR) is 62.3 cm³/mol. The van der Waals surface area contributed by atoms with E-state index < -0.39 is 0 Å². The number of nitrogens with zero attached hydrogens (tertiary/aromatic N) is 1. The van der Waals surface area contributed by atoms with Crippen LogP contribution in [0.3, 0.4) is 0 Å². The molecule has 1 aliphatic rings. The number of hydrogen-bond donors (Lipinski definition) is 0. The van der Waals surface area contributed by atoms with E-state index in [1.54, 1.807) is 13.2 Å². The largest absolute Gasteiger partial charge is 0.457 e. The highest BCUT2D eigenvalue weighted by molar-refractivity contribution is 9.10. The van der Waals surface area contributed by atoms with Crippen molar-refractivity contribution in [1.29, 1.82) is 0 Å². The summed E-state index contributed by atoms with van der Waals surface area (Å²) in [4.78, 5) is 13.9. The van der Waals surface area contributed by atoms with Gasteiger partial charge in [0.25, 0.3) is 5.91 Å². The summed E-state index contributed by atoms with van der Waals surface area (Å²) in [5, 5.41) is 0. The first-order chi connectivity index (χ1) is 7.72. The molecule has 1 aliphatic heterocycles. The minimum atomic E-state index is 0.0271. The van der Waals surface area contributed by atoms with Crippen molar-refractivity contribution in [2.24, 2.45) is 5.92 Å². The van der Waals surface area contributed by atoms with E-state index >= 15 is 0 Å². The van der Waals surface area contributed by atoms with Gasteiger partial charge >= 0.3 is 0 Å². The predicted octanol–water partition coefficient (Wildman–Crippen LogP) is 2.15. The van der Waals surface area contributed by atoms with Crippen LogP contribution in [0.5, 0.6) is 0 Å². The van der Waals surface area contributed by atoms with Crippen LogP contribution in [0.4, 0.5) is 0 Å². The van der Waals surface area contributed by atoms with Crippen molar-refractivity contribution in [2.45, 2.75) is 6.42 Å². The van der Waals surface area contributed by atoms with Gasteiger partial charge in [0.2, 0.25) is 0 Å². The molecule has 0 saturated carbocycles. The van der Waals surface area contributed by atoms with E-state index in [0.717, 1.165) is 26.1 Å². The van der Waals surface area contributed by atoms with Crippen LogP contribution < -0.4 is 0 Å². The Hall–Kier alpha value is -0.810. The van der Waals surface area contributed by atoms with Crippen LogP contribution in [0.2, 0.25) is 0 Å². The maximum atomic E-state index is 12.1. The monoisotopic (exact) mass is 287 g/mol. The SMILES string of the molecule is COCC1CCN(C(=O)c2ccoc2Br)C1. The van der Waals surface area contributed by atoms with Crippen molar-refractivity contribution in [3.8, 4) is 0 Å². The molecule has 88 valence electrons. The second kappa shape index (κ2) is 5.01. The molecule has 16 heavy (non-hydrogen) atoms. The minimum Gasteiger partial charge on any atom is -0.457 e. The lowest BCUT2D eigenvalue weighted by molar-refractivity contribution is 0.0773. The van der Waals surface area contributed by atoms with Crippen LogP contribution in [-0.2, 0) is 4.74 Å². The van der Waals surface area contributed by atoms with Gasteiger partial charge in [0.1, 0.15) is 0 Å². The number of carbonyl (C=O) groups is 1. The highest BCUT2D eigenvalue weighted by Gasteiger charge is 2.28. The quantitative estimate of drug-likeness (QED) is 0.856. The molecule has 1 atom stereocenters. The van der Waals surface area contributed by atoms with E-state index in [4.69, 9.17) is 9.15 Å². The third-order valence-electron chi connectivity index (χ3n) is 2.82. The lowest BCUT2D eigenvalue weighted by Gasteiger charge is -2.15. The Balaban J connectivity index is 2.00. The van der Waals surface area contributed by atoms with Crippen LogP contribution in [0, 0.1) is 5.92 Å². The fourth-order valence-electron chi connectivity index (χ4n) is 2.01. The summed E-state index contributed by atoms with van der Waals surface area (Å²) in [6.45, 7) is 2.28. The maximum absolute atomic E-state index is 12.1. The Kier molecular flexibility index (Phi) is 3.66. The van der Waals surface area contributed by atoms with Crippen LogP contribution >= 0.6 is 15.9 Å². The number of carbonyl (C=O) groups excluding carboxylic acids is 1. The summed E-state index contributed by atoms with van der Waals surface area (Å²) in [5.41, 5.74) is 0.595. The number of likely N-dealkylation sites (tertiary alicyclic amines) is 1. The maximum Gasteiger partial charge on any atom is 0.258 e. The molecule has 1 unspecified atom stereocenters. The number of halogens is 1. The van der Waals surface area contributed by atoms with Gasteiger partial charge in [-0.25, -0.2) is 0 Å². The van der Waals surface area contributed by atoms with Gasteiger partial charge in [-0.1, -0.05) is 0 Å². The number of furan rings is 1. The number of methoxy groups -OCH3 is 1. The van der Waals surface area contributed by atoms with Gasteiger partial charge in [0.15, 0.2) is 4.67 Å². The summed E-state index contributed by atoms with van der Waals surface area (Å²) >= 11 is 3.22. The first kappa shape index (κ1) is 11.7. The van der Waals surface area contributed by atoms with E-state index in [9.17, 15) is 4.79 Å². The number of rotatable bonds is 3. The smallest absolute Gasteiger partial charge is 0.258 e. The van der Waals surface area contributed by atoms with E-state index in [2.05, 4.69) is 15.9 Å². The summed E-state index contributed by atoms with van der Waals surface area (Å²) in [7, 11) is 1.69. The standard InChI is InChI=1S/C11H14BrNO3/c1-15-7-8-2-4-13(6-8)11(14)9-3-5-16-10(9)12/h3,5,8H,2,4,6-7H2,1H3. The first-order valence-electron chi connectivity index (χ1n) is 5.23.